The van der Waals surface area contributed by atoms with Crippen molar-refractivity contribution in [1.82, 2.24) is 29.5 Å². The van der Waals surface area contributed by atoms with Gasteiger partial charge < -0.3 is 18.6 Å². The van der Waals surface area contributed by atoms with Crippen LogP contribution in [0.4, 0.5) is 0 Å². The average molecular weight is 453 g/mol. The molecule has 0 saturated carbocycles. The maximum Gasteiger partial charge on any atom is 0.258 e. The summed E-state index contributed by atoms with van der Waals surface area (Å²) in [5.74, 6) is 0.828. The molecule has 9 nitrogen and oxygen atoms in total. The molecular formula is C22H21ClN6O3. The fraction of sp³-hybridized carbons (Fsp3) is 0.364. The normalized spacial score (nSPS) is 17.7. The SMILES string of the molecule is CC(C)n1cc2c(n1)-c1cc(Cl)ccc1-n1cnc(-c3noc(C4COCCO4)n3)c1C2. The van der Waals surface area contributed by atoms with E-state index in [9.17, 15) is 0 Å². The van der Waals surface area contributed by atoms with Crippen LogP contribution in [0.2, 0.25) is 5.02 Å². The Kier molecular flexibility index (Phi) is 4.63. The van der Waals surface area contributed by atoms with Crippen LogP contribution in [0, 0.1) is 0 Å². The van der Waals surface area contributed by atoms with Crippen molar-refractivity contribution >= 4 is 11.6 Å². The number of aromatic nitrogens is 6. The molecule has 1 aromatic carbocycles. The van der Waals surface area contributed by atoms with Crippen LogP contribution in [0.5, 0.6) is 0 Å². The minimum Gasteiger partial charge on any atom is -0.376 e. The standard InChI is InChI=1S/C22H21ClN6O3/c1-12(2)29-9-13-7-17-20(21-25-22(32-27-21)18-10-30-5-6-31-18)24-11-28(17)16-4-3-14(23)8-15(16)19(13)26-29/h3-4,8-9,11-12,18H,5-7,10H2,1-2H3. The van der Waals surface area contributed by atoms with Crippen molar-refractivity contribution in [1.29, 1.82) is 0 Å². The summed E-state index contributed by atoms with van der Waals surface area (Å²) in [7, 11) is 0. The Bertz CT molecular complexity index is 1300. The molecule has 32 heavy (non-hydrogen) atoms. The molecule has 2 aliphatic heterocycles. The molecule has 0 spiro atoms. The van der Waals surface area contributed by atoms with E-state index in [1.165, 1.54) is 0 Å². The number of hydrogen-bond acceptors (Lipinski definition) is 7. The number of ether oxygens (including phenoxy) is 2. The summed E-state index contributed by atoms with van der Waals surface area (Å²) in [5, 5.41) is 9.72. The van der Waals surface area contributed by atoms with E-state index in [0.717, 1.165) is 28.2 Å². The summed E-state index contributed by atoms with van der Waals surface area (Å²) in [5.41, 5.74) is 5.58. The smallest absolute Gasteiger partial charge is 0.258 e. The summed E-state index contributed by atoms with van der Waals surface area (Å²) in [6.07, 6.45) is 4.14. The third-order valence-corrected chi connectivity index (χ3v) is 6.01. The van der Waals surface area contributed by atoms with Gasteiger partial charge in [0.15, 0.2) is 6.10 Å². The average Bonchev–Trinajstić information content (AvgIpc) is 3.52. The predicted molar refractivity (Wildman–Crippen MR) is 116 cm³/mol. The summed E-state index contributed by atoms with van der Waals surface area (Å²) in [6, 6.07) is 6.06. The monoisotopic (exact) mass is 452 g/mol. The second-order valence-electron chi connectivity index (χ2n) is 8.22. The lowest BCUT2D eigenvalue weighted by Gasteiger charge is -2.19. The molecule has 3 aromatic heterocycles. The summed E-state index contributed by atoms with van der Waals surface area (Å²) < 4.78 is 20.7. The molecule has 164 valence electrons. The van der Waals surface area contributed by atoms with Crippen molar-refractivity contribution in [3.05, 3.63) is 52.9 Å². The van der Waals surface area contributed by atoms with Crippen LogP contribution >= 0.6 is 11.6 Å². The number of halogens is 1. The highest BCUT2D eigenvalue weighted by Gasteiger charge is 2.29. The number of fused-ring (bicyclic) bond motifs is 5. The molecule has 0 amide bonds. The molecule has 6 rings (SSSR count). The molecule has 10 heteroatoms. The van der Waals surface area contributed by atoms with E-state index in [0.29, 0.717) is 48.7 Å². The third-order valence-electron chi connectivity index (χ3n) is 5.78. The molecule has 1 saturated heterocycles. The van der Waals surface area contributed by atoms with E-state index in [1.807, 2.05) is 22.9 Å². The van der Waals surface area contributed by atoms with Gasteiger partial charge >= 0.3 is 0 Å². The van der Waals surface area contributed by atoms with E-state index >= 15 is 0 Å². The highest BCUT2D eigenvalue weighted by atomic mass is 35.5. The van der Waals surface area contributed by atoms with Gasteiger partial charge in [0.2, 0.25) is 5.82 Å². The zero-order valence-corrected chi connectivity index (χ0v) is 18.4. The van der Waals surface area contributed by atoms with E-state index in [4.69, 9.17) is 30.7 Å². The lowest BCUT2D eigenvalue weighted by atomic mass is 10.0. The summed E-state index contributed by atoms with van der Waals surface area (Å²) in [6.45, 7) is 5.69. The van der Waals surface area contributed by atoms with Crippen LogP contribution in [0.3, 0.4) is 0 Å². The molecule has 2 aliphatic rings. The lowest BCUT2D eigenvalue weighted by Crippen LogP contribution is -2.22. The third kappa shape index (κ3) is 3.16. The Morgan fingerprint density at radius 2 is 2.09 bits per heavy atom. The van der Waals surface area contributed by atoms with Gasteiger partial charge in [-0.25, -0.2) is 4.98 Å². The molecule has 0 radical (unpaired) electrons. The summed E-state index contributed by atoms with van der Waals surface area (Å²) in [4.78, 5) is 9.22. The lowest BCUT2D eigenvalue weighted by molar-refractivity contribution is -0.101. The number of imidazole rings is 1. The van der Waals surface area contributed by atoms with Crippen molar-refractivity contribution in [2.24, 2.45) is 0 Å². The minimum absolute atomic E-state index is 0.242. The molecule has 0 aliphatic carbocycles. The van der Waals surface area contributed by atoms with Crippen molar-refractivity contribution in [3.8, 4) is 28.5 Å². The van der Waals surface area contributed by atoms with Gasteiger partial charge in [-0.1, -0.05) is 16.8 Å². The maximum absolute atomic E-state index is 6.36. The number of hydrogen-bond donors (Lipinski definition) is 0. The molecule has 5 heterocycles. The van der Waals surface area contributed by atoms with Crippen molar-refractivity contribution < 1.29 is 14.0 Å². The number of rotatable bonds is 3. The minimum atomic E-state index is -0.357. The van der Waals surface area contributed by atoms with Gasteiger partial charge in [0.1, 0.15) is 12.0 Å². The fourth-order valence-corrected chi connectivity index (χ4v) is 4.34. The molecular weight excluding hydrogens is 432 g/mol. The van der Waals surface area contributed by atoms with E-state index in [1.54, 1.807) is 6.33 Å². The van der Waals surface area contributed by atoms with E-state index < -0.39 is 0 Å². The van der Waals surface area contributed by atoms with Gasteiger partial charge in [-0.15, -0.1) is 0 Å². The van der Waals surface area contributed by atoms with Gasteiger partial charge in [-0.2, -0.15) is 10.1 Å². The number of nitrogens with zero attached hydrogens (tertiary/aromatic N) is 6. The first kappa shape index (κ1) is 19.7. The molecule has 1 fully saturated rings. The Hall–Kier alpha value is -3.01. The van der Waals surface area contributed by atoms with Crippen LogP contribution in [-0.2, 0) is 15.9 Å². The summed E-state index contributed by atoms with van der Waals surface area (Å²) >= 11 is 6.36. The number of benzene rings is 1. The Labute approximate surface area is 188 Å². The van der Waals surface area contributed by atoms with Gasteiger partial charge in [0.25, 0.3) is 5.89 Å². The molecule has 4 aromatic rings. The Morgan fingerprint density at radius 3 is 2.91 bits per heavy atom. The van der Waals surface area contributed by atoms with Crippen LogP contribution < -0.4 is 0 Å². The molecule has 0 N–H and O–H groups in total. The highest BCUT2D eigenvalue weighted by molar-refractivity contribution is 6.31. The van der Waals surface area contributed by atoms with Crippen LogP contribution in [-0.4, -0.2) is 49.3 Å². The maximum atomic E-state index is 6.36. The van der Waals surface area contributed by atoms with Crippen LogP contribution in [0.25, 0.3) is 28.5 Å². The van der Waals surface area contributed by atoms with Crippen molar-refractivity contribution in [2.75, 3.05) is 19.8 Å². The Morgan fingerprint density at radius 1 is 1.19 bits per heavy atom. The zero-order chi connectivity index (χ0) is 21.8. The Balaban J connectivity index is 1.48. The van der Waals surface area contributed by atoms with E-state index in [-0.39, 0.29) is 12.1 Å². The zero-order valence-electron chi connectivity index (χ0n) is 17.7. The van der Waals surface area contributed by atoms with Crippen molar-refractivity contribution in [3.63, 3.8) is 0 Å². The van der Waals surface area contributed by atoms with Gasteiger partial charge in [-0.3, -0.25) is 4.68 Å². The van der Waals surface area contributed by atoms with Gasteiger partial charge in [0.05, 0.1) is 36.9 Å². The van der Waals surface area contributed by atoms with E-state index in [2.05, 4.69) is 39.7 Å². The van der Waals surface area contributed by atoms with Crippen LogP contribution in [0.1, 0.15) is 43.1 Å². The van der Waals surface area contributed by atoms with Gasteiger partial charge in [-0.05, 0) is 32.0 Å². The highest BCUT2D eigenvalue weighted by Crippen LogP contribution is 2.38. The first-order valence-corrected chi connectivity index (χ1v) is 10.9. The molecule has 0 bridgehead atoms. The molecule has 1 unspecified atom stereocenters. The second-order valence-corrected chi connectivity index (χ2v) is 8.65. The first-order chi connectivity index (χ1) is 15.6. The fourth-order valence-electron chi connectivity index (χ4n) is 4.17. The molecule has 1 atom stereocenters. The largest absolute Gasteiger partial charge is 0.376 e. The predicted octanol–water partition coefficient (Wildman–Crippen LogP) is 4.01. The van der Waals surface area contributed by atoms with Crippen LogP contribution in [0.15, 0.2) is 35.2 Å². The first-order valence-electron chi connectivity index (χ1n) is 10.6. The topological polar surface area (TPSA) is 93.0 Å². The quantitative estimate of drug-likeness (QED) is 0.408. The second kappa shape index (κ2) is 7.54. The van der Waals surface area contributed by atoms with Gasteiger partial charge in [0, 0.05) is 34.8 Å². The van der Waals surface area contributed by atoms with Crippen molar-refractivity contribution in [2.45, 2.75) is 32.4 Å².